The van der Waals surface area contributed by atoms with Crippen molar-refractivity contribution >= 4 is 42.5 Å². The molecule has 1 aliphatic carbocycles. The van der Waals surface area contributed by atoms with Crippen molar-refractivity contribution in [3.8, 4) is 0 Å². The van der Waals surface area contributed by atoms with Crippen LogP contribution < -0.4 is 16.4 Å². The molecule has 0 radical (unpaired) electrons. The average molecular weight is 473 g/mol. The molecule has 8 nitrogen and oxygen atoms in total. The number of amides is 2. The topological polar surface area (TPSA) is 124 Å². The highest BCUT2D eigenvalue weighted by molar-refractivity contribution is 5.93. The minimum atomic E-state index is -0.403. The first-order valence-electron chi connectivity index (χ1n) is 10.5. The maximum absolute atomic E-state index is 12.7. The van der Waals surface area contributed by atoms with Crippen LogP contribution in [0.5, 0.6) is 0 Å². The number of nitrogens with two attached hydrogens (primary N) is 1. The molecule has 10 heteroatoms. The van der Waals surface area contributed by atoms with Crippen LogP contribution in [0, 0.1) is 11.3 Å². The van der Waals surface area contributed by atoms with E-state index in [0.29, 0.717) is 37.8 Å². The summed E-state index contributed by atoms with van der Waals surface area (Å²) in [6, 6.07) is 3.46. The third kappa shape index (κ3) is 7.63. The van der Waals surface area contributed by atoms with Gasteiger partial charge in [0.15, 0.2) is 0 Å². The number of nitrogen functional groups attached to an aromatic ring is 1. The van der Waals surface area contributed by atoms with Gasteiger partial charge in [-0.3, -0.25) is 20.0 Å². The lowest BCUT2D eigenvalue weighted by Crippen LogP contribution is -2.49. The Balaban J connectivity index is 0.00000240. The Labute approximate surface area is 196 Å². The minimum Gasteiger partial charge on any atom is -0.382 e. The summed E-state index contributed by atoms with van der Waals surface area (Å²) in [7, 11) is 0. The second-order valence-electron chi connectivity index (χ2n) is 8.27. The standard InChI is InChI=1S/C21H32N6O2.2ClH/c1-14-4-7-16(8-5-14)24-13-19(28)27-10-2-3-18(27)21(29)26-12-15-6-9-17(20(22)23)25-11-15;;/h6,9,11,14,16,18,24H,2-5,7-8,10,12-13H2,1H3,(H3,22,23)(H,26,29);2*1H/t14?,16?,18-;;/m0../s1. The number of amidine groups is 1. The number of nitrogens with one attached hydrogen (secondary N) is 3. The van der Waals surface area contributed by atoms with Gasteiger partial charge >= 0.3 is 0 Å². The van der Waals surface area contributed by atoms with Gasteiger partial charge in [-0.25, -0.2) is 0 Å². The largest absolute Gasteiger partial charge is 0.382 e. The Morgan fingerprint density at radius 2 is 1.90 bits per heavy atom. The fraction of sp³-hybridized carbons (Fsp3) is 0.619. The van der Waals surface area contributed by atoms with E-state index in [0.717, 1.165) is 30.7 Å². The van der Waals surface area contributed by atoms with Crippen LogP contribution in [0.3, 0.4) is 0 Å². The lowest BCUT2D eigenvalue weighted by Gasteiger charge is -2.29. The van der Waals surface area contributed by atoms with E-state index >= 15 is 0 Å². The molecule has 5 N–H and O–H groups in total. The van der Waals surface area contributed by atoms with Gasteiger partial charge in [-0.1, -0.05) is 13.0 Å². The SMILES string of the molecule is CC1CCC(NCC(=O)N2CCC[C@H]2C(=O)NCc2ccc(C(=N)N)nc2)CC1.Cl.Cl. The highest BCUT2D eigenvalue weighted by Gasteiger charge is 2.34. The van der Waals surface area contributed by atoms with E-state index in [9.17, 15) is 9.59 Å². The van der Waals surface area contributed by atoms with Crippen molar-refractivity contribution in [3.05, 3.63) is 29.6 Å². The van der Waals surface area contributed by atoms with E-state index in [-0.39, 0.29) is 42.5 Å². The number of aromatic nitrogens is 1. The number of rotatable bonds is 7. The Morgan fingerprint density at radius 1 is 1.19 bits per heavy atom. The molecule has 0 bridgehead atoms. The lowest BCUT2D eigenvalue weighted by atomic mass is 9.87. The van der Waals surface area contributed by atoms with Crippen LogP contribution in [-0.2, 0) is 16.1 Å². The van der Waals surface area contributed by atoms with Crippen molar-refractivity contribution in [2.75, 3.05) is 13.1 Å². The second kappa shape index (κ2) is 12.8. The molecule has 1 saturated carbocycles. The number of pyridine rings is 1. The van der Waals surface area contributed by atoms with E-state index in [4.69, 9.17) is 11.1 Å². The van der Waals surface area contributed by atoms with E-state index in [2.05, 4.69) is 22.5 Å². The Hall–Kier alpha value is -1.90. The van der Waals surface area contributed by atoms with E-state index in [1.165, 1.54) is 12.8 Å². The lowest BCUT2D eigenvalue weighted by molar-refractivity contribution is -0.138. The molecule has 1 saturated heterocycles. The summed E-state index contributed by atoms with van der Waals surface area (Å²) >= 11 is 0. The van der Waals surface area contributed by atoms with E-state index < -0.39 is 6.04 Å². The molecule has 1 aliphatic heterocycles. The highest BCUT2D eigenvalue weighted by Crippen LogP contribution is 2.23. The number of carbonyl (C=O) groups excluding carboxylic acids is 2. The van der Waals surface area contributed by atoms with Gasteiger partial charge in [0.25, 0.3) is 0 Å². The van der Waals surface area contributed by atoms with Gasteiger partial charge in [0.05, 0.1) is 6.54 Å². The number of nitrogens with zero attached hydrogens (tertiary/aromatic N) is 2. The Bertz CT molecular complexity index is 738. The van der Waals surface area contributed by atoms with Crippen molar-refractivity contribution < 1.29 is 9.59 Å². The van der Waals surface area contributed by atoms with Crippen LogP contribution in [0.4, 0.5) is 0 Å². The molecule has 1 aromatic rings. The zero-order valence-corrected chi connectivity index (χ0v) is 19.6. The maximum atomic E-state index is 12.7. The van der Waals surface area contributed by atoms with E-state index in [1.54, 1.807) is 23.2 Å². The molecular formula is C21H34Cl2N6O2. The number of hydrogen-bond donors (Lipinski definition) is 4. The molecule has 0 unspecified atom stereocenters. The summed E-state index contributed by atoms with van der Waals surface area (Å²) in [5.41, 5.74) is 6.64. The summed E-state index contributed by atoms with van der Waals surface area (Å²) in [4.78, 5) is 31.1. The first kappa shape index (κ1) is 27.1. The fourth-order valence-electron chi connectivity index (χ4n) is 4.13. The van der Waals surface area contributed by atoms with E-state index in [1.807, 2.05) is 0 Å². The van der Waals surface area contributed by atoms with Crippen LogP contribution in [0.1, 0.15) is 56.7 Å². The van der Waals surface area contributed by atoms with Crippen LogP contribution >= 0.6 is 24.8 Å². The van der Waals surface area contributed by atoms with Gasteiger partial charge in [0.1, 0.15) is 17.6 Å². The molecule has 1 aromatic heterocycles. The van der Waals surface area contributed by atoms with Crippen molar-refractivity contribution in [2.24, 2.45) is 11.7 Å². The predicted molar refractivity (Wildman–Crippen MR) is 126 cm³/mol. The van der Waals surface area contributed by atoms with Crippen molar-refractivity contribution in [2.45, 2.75) is 64.1 Å². The molecule has 2 amide bonds. The number of hydrogen-bond acceptors (Lipinski definition) is 5. The van der Waals surface area contributed by atoms with Gasteiger partial charge in [-0.05, 0) is 56.1 Å². The zero-order valence-electron chi connectivity index (χ0n) is 17.9. The summed E-state index contributed by atoms with van der Waals surface area (Å²) < 4.78 is 0. The van der Waals surface area contributed by atoms with Crippen LogP contribution in [0.25, 0.3) is 0 Å². The number of carbonyl (C=O) groups is 2. The molecule has 0 aromatic carbocycles. The molecule has 31 heavy (non-hydrogen) atoms. The highest BCUT2D eigenvalue weighted by atomic mass is 35.5. The summed E-state index contributed by atoms with van der Waals surface area (Å²) in [6.07, 6.45) is 7.80. The molecular weight excluding hydrogens is 439 g/mol. The van der Waals surface area contributed by atoms with Crippen LogP contribution in [-0.4, -0.2) is 52.7 Å². The van der Waals surface area contributed by atoms with Crippen LogP contribution in [0.15, 0.2) is 18.3 Å². The molecule has 3 rings (SSSR count). The minimum absolute atomic E-state index is 0. The molecule has 2 heterocycles. The van der Waals surface area contributed by atoms with Crippen molar-refractivity contribution in [1.82, 2.24) is 20.5 Å². The van der Waals surface area contributed by atoms with Gasteiger partial charge in [0, 0.05) is 25.3 Å². The van der Waals surface area contributed by atoms with Gasteiger partial charge in [0.2, 0.25) is 11.8 Å². The summed E-state index contributed by atoms with van der Waals surface area (Å²) in [5, 5.41) is 13.7. The fourth-order valence-corrected chi connectivity index (χ4v) is 4.13. The molecule has 2 fully saturated rings. The number of likely N-dealkylation sites (tertiary alicyclic amines) is 1. The normalized spacial score (nSPS) is 22.7. The van der Waals surface area contributed by atoms with Crippen molar-refractivity contribution in [3.63, 3.8) is 0 Å². The molecule has 174 valence electrons. The summed E-state index contributed by atoms with van der Waals surface area (Å²) in [6.45, 7) is 3.55. The summed E-state index contributed by atoms with van der Waals surface area (Å²) in [5.74, 6) is 0.577. The van der Waals surface area contributed by atoms with Crippen molar-refractivity contribution in [1.29, 1.82) is 5.41 Å². The first-order valence-corrected chi connectivity index (χ1v) is 10.5. The van der Waals surface area contributed by atoms with Crippen LogP contribution in [0.2, 0.25) is 0 Å². The third-order valence-corrected chi connectivity index (χ3v) is 6.00. The average Bonchev–Trinajstić information content (AvgIpc) is 3.22. The predicted octanol–water partition coefficient (Wildman–Crippen LogP) is 1.98. The van der Waals surface area contributed by atoms with Gasteiger partial charge in [-0.15, -0.1) is 24.8 Å². The zero-order chi connectivity index (χ0) is 20.8. The van der Waals surface area contributed by atoms with Gasteiger partial charge in [-0.2, -0.15) is 0 Å². The van der Waals surface area contributed by atoms with Gasteiger partial charge < -0.3 is 21.3 Å². The first-order chi connectivity index (χ1) is 13.9. The Morgan fingerprint density at radius 3 is 2.52 bits per heavy atom. The third-order valence-electron chi connectivity index (χ3n) is 6.00. The smallest absolute Gasteiger partial charge is 0.243 e. The quantitative estimate of drug-likeness (QED) is 0.356. The Kier molecular flexibility index (Phi) is 11.2. The number of halogens is 2. The molecule has 2 aliphatic rings. The molecule has 1 atom stereocenters. The maximum Gasteiger partial charge on any atom is 0.243 e. The monoisotopic (exact) mass is 472 g/mol. The second-order valence-corrected chi connectivity index (χ2v) is 8.27. The molecule has 0 spiro atoms.